The zero-order chi connectivity index (χ0) is 43.5. The van der Waals surface area contributed by atoms with Crippen molar-refractivity contribution in [1.29, 1.82) is 0 Å². The predicted molar refractivity (Wildman–Crippen MR) is 266 cm³/mol. The zero-order valence-corrected chi connectivity index (χ0v) is 35.0. The van der Waals surface area contributed by atoms with Crippen LogP contribution in [0.1, 0.15) is 28.3 Å². The van der Waals surface area contributed by atoms with Crippen LogP contribution in [0, 0.1) is 0 Å². The van der Waals surface area contributed by atoms with Gasteiger partial charge in [-0.1, -0.05) is 109 Å². The first-order valence-electron chi connectivity index (χ1n) is 21.4. The van der Waals surface area contributed by atoms with Crippen LogP contribution in [0.25, 0.3) is 108 Å². The van der Waals surface area contributed by atoms with E-state index in [1.54, 1.807) is 18.5 Å². The van der Waals surface area contributed by atoms with E-state index in [1.165, 1.54) is 6.08 Å². The lowest BCUT2D eigenvalue weighted by Gasteiger charge is -2.08. The topological polar surface area (TPSA) is 112 Å². The number of carbonyl (C=O) groups is 1. The molecular weight excluding hydrogens is 799 g/mol. The number of aromatic nitrogens is 6. The number of hydrogen-bond acceptors (Lipinski definition) is 5. The highest BCUT2D eigenvalue weighted by atomic mass is 16.1. The van der Waals surface area contributed by atoms with Gasteiger partial charge in [0.05, 0.1) is 34.2 Å². The third-order valence-corrected chi connectivity index (χ3v) is 11.5. The highest BCUT2D eigenvalue weighted by molar-refractivity contribution is 6.03. The fourth-order valence-electron chi connectivity index (χ4n) is 8.52. The summed E-state index contributed by atoms with van der Waals surface area (Å²) >= 11 is 0. The number of aromatic amines is 2. The molecule has 9 aromatic rings. The summed E-state index contributed by atoms with van der Waals surface area (Å²) in [6.07, 6.45) is 15.2. The summed E-state index contributed by atoms with van der Waals surface area (Å²) in [5.74, 6) is -0.249. The van der Waals surface area contributed by atoms with Crippen molar-refractivity contribution in [1.82, 2.24) is 29.9 Å². The molecule has 3 N–H and O–H groups in total. The van der Waals surface area contributed by atoms with Gasteiger partial charge in [-0.15, -0.1) is 0 Å². The number of hydrogen-bond donors (Lipinski definition) is 3. The average molecular weight is 838 g/mol. The molecule has 0 unspecified atom stereocenters. The fourth-order valence-corrected chi connectivity index (χ4v) is 8.52. The van der Waals surface area contributed by atoms with E-state index in [0.717, 1.165) is 106 Å². The molecule has 8 heteroatoms. The van der Waals surface area contributed by atoms with E-state index in [1.807, 2.05) is 72.8 Å². The molecule has 8 nitrogen and oxygen atoms in total. The Hall–Kier alpha value is -9.01. The molecule has 2 aliphatic heterocycles. The molecule has 0 spiro atoms. The van der Waals surface area contributed by atoms with Crippen molar-refractivity contribution >= 4 is 64.0 Å². The number of rotatable bonds is 8. The van der Waals surface area contributed by atoms with E-state index in [-0.39, 0.29) is 5.91 Å². The van der Waals surface area contributed by atoms with Crippen LogP contribution in [0.5, 0.6) is 0 Å². The number of anilines is 1. The van der Waals surface area contributed by atoms with Crippen LogP contribution in [0.15, 0.2) is 188 Å². The number of nitrogens with zero attached hydrogens (tertiary/aromatic N) is 4. The molecular formula is C57H39N7O. The number of fused-ring (bicyclic) bond motifs is 8. The first-order chi connectivity index (χ1) is 32.1. The van der Waals surface area contributed by atoms with Gasteiger partial charge in [-0.25, -0.2) is 9.97 Å². The van der Waals surface area contributed by atoms with E-state index in [4.69, 9.17) is 9.97 Å². The Morgan fingerprint density at radius 3 is 1.31 bits per heavy atom. The van der Waals surface area contributed by atoms with Crippen molar-refractivity contribution in [2.75, 3.05) is 5.32 Å². The summed E-state index contributed by atoms with van der Waals surface area (Å²) in [4.78, 5) is 40.5. The second kappa shape index (κ2) is 17.0. The van der Waals surface area contributed by atoms with Crippen molar-refractivity contribution in [3.8, 4) is 55.9 Å². The van der Waals surface area contributed by atoms with Crippen LogP contribution >= 0.6 is 0 Å². The number of carbonyl (C=O) groups excluding carboxylic acids is 1. The Labute approximate surface area is 375 Å². The Bertz CT molecular complexity index is 3460. The number of amides is 1. The van der Waals surface area contributed by atoms with Crippen LogP contribution in [0.3, 0.4) is 0 Å². The SMILES string of the molecule is O=C(/C=C/c1ccnc(-c2ccccn2)c1)Nc1ccc(-c2c3nc(c(-c4ccccc4)c4ccc([nH]4)c(-c4ccccc4)c4nc(c(-c5ccccc5)c5ccc2[nH]5)C=C4)C=C3)cc1. The minimum Gasteiger partial charge on any atom is -0.354 e. The van der Waals surface area contributed by atoms with Gasteiger partial charge in [0, 0.05) is 68.5 Å². The van der Waals surface area contributed by atoms with Crippen LogP contribution in [0.2, 0.25) is 0 Å². The third kappa shape index (κ3) is 7.88. The maximum atomic E-state index is 13.2. The highest BCUT2D eigenvalue weighted by Gasteiger charge is 2.19. The molecule has 11 rings (SSSR count). The minimum atomic E-state index is -0.249. The molecule has 0 aliphatic carbocycles. The molecule has 0 fully saturated rings. The Balaban J connectivity index is 1.07. The molecule has 0 radical (unpaired) electrons. The van der Waals surface area contributed by atoms with Crippen LogP contribution < -0.4 is 5.32 Å². The number of benzene rings is 4. The van der Waals surface area contributed by atoms with Gasteiger partial charge >= 0.3 is 0 Å². The molecule has 0 atom stereocenters. The summed E-state index contributed by atoms with van der Waals surface area (Å²) in [5, 5.41) is 3.03. The molecule has 2 aliphatic rings. The van der Waals surface area contributed by atoms with Gasteiger partial charge in [-0.3, -0.25) is 14.8 Å². The van der Waals surface area contributed by atoms with Crippen molar-refractivity contribution in [3.63, 3.8) is 0 Å². The van der Waals surface area contributed by atoms with Crippen LogP contribution in [0.4, 0.5) is 5.69 Å². The first-order valence-corrected chi connectivity index (χ1v) is 21.4. The van der Waals surface area contributed by atoms with Crippen molar-refractivity contribution in [2.45, 2.75) is 0 Å². The van der Waals surface area contributed by atoms with Crippen molar-refractivity contribution in [3.05, 3.63) is 217 Å². The van der Waals surface area contributed by atoms with E-state index in [2.05, 4.69) is 147 Å². The Kier molecular flexibility index (Phi) is 10.2. The van der Waals surface area contributed by atoms with Gasteiger partial charge in [0.1, 0.15) is 0 Å². The zero-order valence-electron chi connectivity index (χ0n) is 35.0. The third-order valence-electron chi connectivity index (χ3n) is 11.5. The van der Waals surface area contributed by atoms with Crippen LogP contribution in [-0.2, 0) is 4.79 Å². The summed E-state index contributed by atoms with van der Waals surface area (Å²) in [6.45, 7) is 0. The van der Waals surface area contributed by atoms with Gasteiger partial charge in [0.25, 0.3) is 0 Å². The van der Waals surface area contributed by atoms with E-state index >= 15 is 0 Å². The Morgan fingerprint density at radius 2 is 0.862 bits per heavy atom. The maximum Gasteiger partial charge on any atom is 0.248 e. The summed E-state index contributed by atoms with van der Waals surface area (Å²) in [5.41, 5.74) is 18.0. The van der Waals surface area contributed by atoms with Gasteiger partial charge in [-0.2, -0.15) is 0 Å². The van der Waals surface area contributed by atoms with Gasteiger partial charge in [0.15, 0.2) is 0 Å². The molecule has 7 heterocycles. The minimum absolute atomic E-state index is 0.249. The predicted octanol–water partition coefficient (Wildman–Crippen LogP) is 13.4. The second-order valence-corrected chi connectivity index (χ2v) is 15.7. The fraction of sp³-hybridized carbons (Fsp3) is 0. The van der Waals surface area contributed by atoms with Gasteiger partial charge in [-0.05, 0) is 119 Å². The largest absolute Gasteiger partial charge is 0.354 e. The maximum absolute atomic E-state index is 13.2. The standard InChI is InChI=1S/C57H39N7O/c65-53(32-19-37-33-35-59-52(36-37)43-18-10-11-34-58-43)60-42-22-20-41(21-23-42)57-50-30-28-48(63-50)55(39-14-6-2-7-15-39)46-26-24-44(61-46)54(38-12-4-1-5-13-38)45-25-27-47(62-45)56(40-16-8-3-9-17-40)49-29-31-51(57)64-49/h1-36,61,64H,(H,60,65)/b32-19+,54-44?,54-45?,55-46?,55-48?,56-47?,56-49?,57-50?,57-51?. The Morgan fingerprint density at radius 1 is 0.431 bits per heavy atom. The molecule has 8 bridgehead atoms. The molecule has 0 saturated carbocycles. The lowest BCUT2D eigenvalue weighted by Crippen LogP contribution is -2.07. The molecule has 1 amide bonds. The second-order valence-electron chi connectivity index (χ2n) is 15.7. The summed E-state index contributed by atoms with van der Waals surface area (Å²) in [7, 11) is 0. The number of H-pyrrole nitrogens is 2. The van der Waals surface area contributed by atoms with Crippen molar-refractivity contribution in [2.24, 2.45) is 0 Å². The molecule has 0 saturated heterocycles. The normalized spacial score (nSPS) is 11.9. The van der Waals surface area contributed by atoms with Crippen LogP contribution in [-0.4, -0.2) is 35.8 Å². The van der Waals surface area contributed by atoms with E-state index < -0.39 is 0 Å². The van der Waals surface area contributed by atoms with Gasteiger partial charge < -0.3 is 15.3 Å². The number of pyridine rings is 2. The first kappa shape index (κ1) is 38.9. The smallest absolute Gasteiger partial charge is 0.248 e. The van der Waals surface area contributed by atoms with Crippen molar-refractivity contribution < 1.29 is 4.79 Å². The number of nitrogens with one attached hydrogen (secondary N) is 3. The summed E-state index contributed by atoms with van der Waals surface area (Å²) < 4.78 is 0. The highest BCUT2D eigenvalue weighted by Crippen LogP contribution is 2.38. The molecule has 5 aromatic heterocycles. The lowest BCUT2D eigenvalue weighted by molar-refractivity contribution is -0.111. The molecule has 4 aromatic carbocycles. The lowest BCUT2D eigenvalue weighted by atomic mass is 10.0. The van der Waals surface area contributed by atoms with E-state index in [0.29, 0.717) is 5.69 Å². The monoisotopic (exact) mass is 837 g/mol. The average Bonchev–Trinajstić information content (AvgIpc) is 4.22. The summed E-state index contributed by atoms with van der Waals surface area (Å²) in [6, 6.07) is 57.1. The molecule has 308 valence electrons. The van der Waals surface area contributed by atoms with Gasteiger partial charge in [0.2, 0.25) is 5.91 Å². The van der Waals surface area contributed by atoms with E-state index in [9.17, 15) is 4.79 Å². The quantitative estimate of drug-likeness (QED) is 0.132. The molecule has 65 heavy (non-hydrogen) atoms.